The number of rotatable bonds is 6. The van der Waals surface area contributed by atoms with Crippen molar-refractivity contribution >= 4 is 5.91 Å². The number of benzene rings is 1. The molecule has 1 amide bonds. The van der Waals surface area contributed by atoms with E-state index in [-0.39, 0.29) is 11.9 Å². The number of methoxy groups -OCH3 is 1. The summed E-state index contributed by atoms with van der Waals surface area (Å²) in [5.74, 6) is 1.42. The van der Waals surface area contributed by atoms with Crippen molar-refractivity contribution in [2.45, 2.75) is 39.7 Å². The minimum atomic E-state index is -0.0195. The third-order valence-corrected chi connectivity index (χ3v) is 2.91. The van der Waals surface area contributed by atoms with E-state index in [0.717, 1.165) is 18.6 Å². The van der Waals surface area contributed by atoms with Crippen LogP contribution < -0.4 is 10.1 Å². The largest absolute Gasteiger partial charge is 0.497 e. The molecule has 0 aliphatic carbocycles. The van der Waals surface area contributed by atoms with Gasteiger partial charge >= 0.3 is 0 Å². The predicted molar refractivity (Wildman–Crippen MR) is 74.0 cm³/mol. The first-order valence-corrected chi connectivity index (χ1v) is 6.48. The van der Waals surface area contributed by atoms with Crippen LogP contribution in [-0.2, 0) is 0 Å². The Labute approximate surface area is 110 Å². The Kier molecular flexibility index (Phi) is 5.69. The normalized spacial score (nSPS) is 12.3. The summed E-state index contributed by atoms with van der Waals surface area (Å²) in [6.45, 7) is 6.43. The van der Waals surface area contributed by atoms with Gasteiger partial charge in [0.15, 0.2) is 0 Å². The van der Waals surface area contributed by atoms with Crippen LogP contribution >= 0.6 is 0 Å². The Morgan fingerprint density at radius 2 is 1.78 bits per heavy atom. The van der Waals surface area contributed by atoms with Crippen molar-refractivity contribution in [1.29, 1.82) is 0 Å². The van der Waals surface area contributed by atoms with Gasteiger partial charge in [0.1, 0.15) is 5.75 Å². The van der Waals surface area contributed by atoms with Crippen molar-refractivity contribution in [3.8, 4) is 5.75 Å². The second-order valence-corrected chi connectivity index (χ2v) is 5.07. The summed E-state index contributed by atoms with van der Waals surface area (Å²) in [7, 11) is 1.61. The fourth-order valence-corrected chi connectivity index (χ4v) is 1.71. The summed E-state index contributed by atoms with van der Waals surface area (Å²) in [6, 6.07) is 7.37. The zero-order valence-corrected chi connectivity index (χ0v) is 11.7. The molecule has 1 atom stereocenters. The topological polar surface area (TPSA) is 38.3 Å². The fourth-order valence-electron chi connectivity index (χ4n) is 1.71. The molecule has 0 aliphatic heterocycles. The number of carbonyl (C=O) groups excluding carboxylic acids is 1. The zero-order valence-electron chi connectivity index (χ0n) is 11.7. The molecule has 0 radical (unpaired) electrons. The number of carbonyl (C=O) groups is 1. The average Bonchev–Trinajstić information content (AvgIpc) is 2.36. The highest BCUT2D eigenvalue weighted by Gasteiger charge is 2.10. The number of hydrogen-bond donors (Lipinski definition) is 1. The third-order valence-electron chi connectivity index (χ3n) is 2.91. The SMILES string of the molecule is COc1ccc(C(=O)NC(C)CCC(C)C)cc1. The Balaban J connectivity index is 2.48. The molecule has 1 rings (SSSR count). The van der Waals surface area contributed by atoms with Crippen LogP contribution in [0.25, 0.3) is 0 Å². The van der Waals surface area contributed by atoms with Crippen LogP contribution in [-0.4, -0.2) is 19.1 Å². The minimum absolute atomic E-state index is 0.0195. The van der Waals surface area contributed by atoms with Crippen LogP contribution in [0.3, 0.4) is 0 Å². The van der Waals surface area contributed by atoms with E-state index in [1.54, 1.807) is 31.4 Å². The first kappa shape index (κ1) is 14.6. The highest BCUT2D eigenvalue weighted by atomic mass is 16.5. The molecule has 100 valence electrons. The smallest absolute Gasteiger partial charge is 0.251 e. The van der Waals surface area contributed by atoms with Gasteiger partial charge in [-0.15, -0.1) is 0 Å². The van der Waals surface area contributed by atoms with Gasteiger partial charge in [-0.3, -0.25) is 4.79 Å². The molecule has 3 heteroatoms. The molecule has 0 fully saturated rings. The summed E-state index contributed by atoms with van der Waals surface area (Å²) < 4.78 is 5.06. The lowest BCUT2D eigenvalue weighted by Crippen LogP contribution is -2.32. The van der Waals surface area contributed by atoms with Crippen molar-refractivity contribution in [2.75, 3.05) is 7.11 Å². The summed E-state index contributed by atoms with van der Waals surface area (Å²) in [6.07, 6.45) is 2.14. The van der Waals surface area contributed by atoms with Gasteiger partial charge in [0.2, 0.25) is 0 Å². The number of hydrogen-bond acceptors (Lipinski definition) is 2. The van der Waals surface area contributed by atoms with Gasteiger partial charge in [-0.25, -0.2) is 0 Å². The molecule has 3 nitrogen and oxygen atoms in total. The molecule has 0 saturated heterocycles. The molecule has 0 spiro atoms. The molecule has 1 aromatic carbocycles. The van der Waals surface area contributed by atoms with Crippen LogP contribution in [0.1, 0.15) is 44.0 Å². The van der Waals surface area contributed by atoms with E-state index in [4.69, 9.17) is 4.74 Å². The van der Waals surface area contributed by atoms with Crippen molar-refractivity contribution in [3.05, 3.63) is 29.8 Å². The van der Waals surface area contributed by atoms with Crippen molar-refractivity contribution < 1.29 is 9.53 Å². The Bertz CT molecular complexity index is 371. The summed E-state index contributed by atoms with van der Waals surface area (Å²) in [5.41, 5.74) is 0.673. The molecule has 0 bridgehead atoms. The highest BCUT2D eigenvalue weighted by Crippen LogP contribution is 2.12. The second kappa shape index (κ2) is 7.04. The van der Waals surface area contributed by atoms with Crippen molar-refractivity contribution in [2.24, 2.45) is 5.92 Å². The van der Waals surface area contributed by atoms with E-state index in [1.165, 1.54) is 0 Å². The van der Waals surface area contributed by atoms with E-state index < -0.39 is 0 Å². The lowest BCUT2D eigenvalue weighted by Gasteiger charge is -2.15. The van der Waals surface area contributed by atoms with Gasteiger partial charge in [0, 0.05) is 11.6 Å². The van der Waals surface area contributed by atoms with Crippen molar-refractivity contribution in [1.82, 2.24) is 5.32 Å². The molecule has 1 aromatic rings. The van der Waals surface area contributed by atoms with Gasteiger partial charge in [-0.05, 0) is 49.9 Å². The highest BCUT2D eigenvalue weighted by molar-refractivity contribution is 5.94. The maximum Gasteiger partial charge on any atom is 0.251 e. The molecule has 0 aromatic heterocycles. The second-order valence-electron chi connectivity index (χ2n) is 5.07. The minimum Gasteiger partial charge on any atom is -0.497 e. The maximum atomic E-state index is 11.9. The molecule has 1 N–H and O–H groups in total. The van der Waals surface area contributed by atoms with E-state index in [2.05, 4.69) is 19.2 Å². The molecule has 0 heterocycles. The Morgan fingerprint density at radius 1 is 1.17 bits per heavy atom. The van der Waals surface area contributed by atoms with Crippen LogP contribution in [0.4, 0.5) is 0 Å². The molecular weight excluding hydrogens is 226 g/mol. The Hall–Kier alpha value is -1.51. The maximum absolute atomic E-state index is 11.9. The number of amides is 1. The standard InChI is InChI=1S/C15H23NO2/c1-11(2)5-6-12(3)16-15(17)13-7-9-14(18-4)10-8-13/h7-12H,5-6H2,1-4H3,(H,16,17). The van der Waals surface area contributed by atoms with Gasteiger partial charge < -0.3 is 10.1 Å². The molecular formula is C15H23NO2. The summed E-state index contributed by atoms with van der Waals surface area (Å²) in [5, 5.41) is 3.01. The molecule has 1 unspecified atom stereocenters. The monoisotopic (exact) mass is 249 g/mol. The number of nitrogens with one attached hydrogen (secondary N) is 1. The first-order valence-electron chi connectivity index (χ1n) is 6.48. The molecule has 18 heavy (non-hydrogen) atoms. The summed E-state index contributed by atoms with van der Waals surface area (Å²) >= 11 is 0. The molecule has 0 aliphatic rings. The van der Waals surface area contributed by atoms with Crippen LogP contribution in [0.15, 0.2) is 24.3 Å². The fraction of sp³-hybridized carbons (Fsp3) is 0.533. The van der Waals surface area contributed by atoms with Crippen molar-refractivity contribution in [3.63, 3.8) is 0 Å². The predicted octanol–water partition coefficient (Wildman–Crippen LogP) is 3.25. The van der Waals surface area contributed by atoms with Crippen LogP contribution in [0.5, 0.6) is 5.75 Å². The van der Waals surface area contributed by atoms with E-state index in [9.17, 15) is 4.79 Å². The van der Waals surface area contributed by atoms with E-state index >= 15 is 0 Å². The quantitative estimate of drug-likeness (QED) is 0.840. The van der Waals surface area contributed by atoms with Gasteiger partial charge in [-0.2, -0.15) is 0 Å². The molecule has 0 saturated carbocycles. The van der Waals surface area contributed by atoms with E-state index in [1.807, 2.05) is 6.92 Å². The lowest BCUT2D eigenvalue weighted by atomic mass is 10.0. The first-order chi connectivity index (χ1) is 8.52. The zero-order chi connectivity index (χ0) is 13.5. The van der Waals surface area contributed by atoms with Gasteiger partial charge in [0.25, 0.3) is 5.91 Å². The third kappa shape index (κ3) is 4.78. The van der Waals surface area contributed by atoms with Gasteiger partial charge in [-0.1, -0.05) is 13.8 Å². The van der Waals surface area contributed by atoms with Crippen LogP contribution in [0.2, 0.25) is 0 Å². The Morgan fingerprint density at radius 3 is 2.28 bits per heavy atom. The van der Waals surface area contributed by atoms with Crippen LogP contribution in [0, 0.1) is 5.92 Å². The lowest BCUT2D eigenvalue weighted by molar-refractivity contribution is 0.0937. The summed E-state index contributed by atoms with van der Waals surface area (Å²) in [4.78, 5) is 11.9. The number of ether oxygens (including phenoxy) is 1. The van der Waals surface area contributed by atoms with Gasteiger partial charge in [0.05, 0.1) is 7.11 Å². The van der Waals surface area contributed by atoms with E-state index in [0.29, 0.717) is 11.5 Å². The average molecular weight is 249 g/mol.